The number of hydrogen-bond acceptors (Lipinski definition) is 11. The first-order valence-electron chi connectivity index (χ1n) is 8.44. The number of methoxy groups -OCH3 is 1. The molecule has 10 unspecified atom stereocenters. The molecule has 2 aliphatic rings. The Bertz CT molecular complexity index is 513. The quantitative estimate of drug-likeness (QED) is 0.307. The van der Waals surface area contributed by atoms with Crippen molar-refractivity contribution in [1.29, 1.82) is 0 Å². The Morgan fingerprint density at radius 3 is 1.93 bits per heavy atom. The van der Waals surface area contributed by atoms with Gasteiger partial charge < -0.3 is 54.8 Å². The van der Waals surface area contributed by atoms with Gasteiger partial charge in [-0.2, -0.15) is 0 Å². The summed E-state index contributed by atoms with van der Waals surface area (Å²) in [6.45, 7) is 3.08. The molecule has 5 N–H and O–H groups in total. The van der Waals surface area contributed by atoms with E-state index in [1.807, 2.05) is 0 Å². The first kappa shape index (κ1) is 23.7. The summed E-state index contributed by atoms with van der Waals surface area (Å²) < 4.78 is 9.39. The molecule has 0 aromatic rings. The molecule has 2 fully saturated rings. The lowest BCUT2D eigenvalue weighted by atomic mass is 9.76. The van der Waals surface area contributed by atoms with E-state index in [1.165, 1.54) is 14.0 Å². The average molecular weight is 394 g/mol. The van der Waals surface area contributed by atoms with E-state index < -0.39 is 66.7 Å². The molecular weight excluding hydrogens is 368 g/mol. The zero-order valence-corrected chi connectivity index (χ0v) is 15.2. The van der Waals surface area contributed by atoms with E-state index in [-0.39, 0.29) is 12.3 Å². The van der Waals surface area contributed by atoms with E-state index in [4.69, 9.17) is 14.9 Å². The Labute approximate surface area is 155 Å². The van der Waals surface area contributed by atoms with Crippen molar-refractivity contribution in [2.75, 3.05) is 7.11 Å². The molecule has 158 valence electrons. The number of hydrogen-bond donors (Lipinski definition) is 5. The molecule has 10 atom stereocenters. The van der Waals surface area contributed by atoms with Gasteiger partial charge in [0.25, 0.3) is 0 Å². The van der Waals surface area contributed by atoms with Gasteiger partial charge in [0.15, 0.2) is 6.29 Å². The summed E-state index contributed by atoms with van der Waals surface area (Å²) in [7, 11) is 1.31. The van der Waals surface area contributed by atoms with Crippen molar-refractivity contribution >= 4 is 11.9 Å². The van der Waals surface area contributed by atoms with E-state index in [2.05, 4.69) is 4.74 Å². The van der Waals surface area contributed by atoms with Crippen LogP contribution in [0.5, 0.6) is 0 Å². The third-order valence-electron chi connectivity index (χ3n) is 5.04. The molecule has 1 saturated carbocycles. The molecule has 2 rings (SSSR count). The molecular formula is C16H26O11-2. The maximum absolute atomic E-state index is 10.7. The van der Waals surface area contributed by atoms with Crippen molar-refractivity contribution in [2.24, 2.45) is 17.8 Å². The summed E-state index contributed by atoms with van der Waals surface area (Å²) in [6.07, 6.45) is -8.60. The van der Waals surface area contributed by atoms with Crippen LogP contribution in [-0.2, 0) is 19.1 Å². The summed E-state index contributed by atoms with van der Waals surface area (Å²) in [4.78, 5) is 21.2. The van der Waals surface area contributed by atoms with Crippen LogP contribution in [0.25, 0.3) is 0 Å². The van der Waals surface area contributed by atoms with E-state index in [9.17, 15) is 35.1 Å². The molecule has 0 bridgehead atoms. The lowest BCUT2D eigenvalue weighted by Gasteiger charge is -2.41. The molecule has 1 saturated heterocycles. The standard InChI is InChI=1S/C9H16O5.C7H12O6/c1-4-3-5(9(12)13)8(14-2)7(11)6(4)10;1-2-3(8)4(9)7(12)13-5(2)6(10)11/h4-8,10-11H,3H2,1-2H3,(H,12,13);2-5,7-9,12H,1H3,(H,10,11)/p-2. The van der Waals surface area contributed by atoms with Crippen molar-refractivity contribution in [2.45, 2.75) is 63.2 Å². The number of aliphatic carboxylic acids is 2. The molecule has 0 radical (unpaired) electrons. The number of rotatable bonds is 3. The zero-order chi connectivity index (χ0) is 21.0. The average Bonchev–Trinajstić information content (AvgIpc) is 2.60. The van der Waals surface area contributed by atoms with Crippen LogP contribution in [0.2, 0.25) is 0 Å². The van der Waals surface area contributed by atoms with E-state index in [0.29, 0.717) is 0 Å². The second kappa shape index (κ2) is 9.73. The lowest BCUT2D eigenvalue weighted by molar-refractivity contribution is -0.340. The highest BCUT2D eigenvalue weighted by Gasteiger charge is 2.43. The highest BCUT2D eigenvalue weighted by molar-refractivity contribution is 5.70. The van der Waals surface area contributed by atoms with Crippen LogP contribution in [0.1, 0.15) is 20.3 Å². The van der Waals surface area contributed by atoms with E-state index in [1.54, 1.807) is 6.92 Å². The lowest BCUT2D eigenvalue weighted by Crippen LogP contribution is -2.58. The van der Waals surface area contributed by atoms with Gasteiger partial charge in [-0.1, -0.05) is 13.8 Å². The third kappa shape index (κ3) is 5.35. The van der Waals surface area contributed by atoms with Crippen LogP contribution in [0.3, 0.4) is 0 Å². The minimum Gasteiger partial charge on any atom is -0.550 e. The third-order valence-corrected chi connectivity index (χ3v) is 5.04. The van der Waals surface area contributed by atoms with Crippen LogP contribution in [0.15, 0.2) is 0 Å². The summed E-state index contributed by atoms with van der Waals surface area (Å²) in [5, 5.41) is 67.5. The molecule has 27 heavy (non-hydrogen) atoms. The Morgan fingerprint density at radius 2 is 1.48 bits per heavy atom. The predicted octanol–water partition coefficient (Wildman–Crippen LogP) is -5.06. The topological polar surface area (TPSA) is 200 Å². The fourth-order valence-corrected chi connectivity index (χ4v) is 3.26. The minimum atomic E-state index is -1.69. The van der Waals surface area contributed by atoms with Crippen molar-refractivity contribution in [3.8, 4) is 0 Å². The van der Waals surface area contributed by atoms with Crippen molar-refractivity contribution in [3.63, 3.8) is 0 Å². The van der Waals surface area contributed by atoms with Crippen molar-refractivity contribution in [3.05, 3.63) is 0 Å². The van der Waals surface area contributed by atoms with Crippen LogP contribution in [-0.4, -0.2) is 87.5 Å². The summed E-state index contributed by atoms with van der Waals surface area (Å²) in [5.41, 5.74) is 0. The first-order chi connectivity index (χ1) is 12.4. The Kier molecular flexibility index (Phi) is 8.54. The van der Waals surface area contributed by atoms with E-state index in [0.717, 1.165) is 0 Å². The van der Waals surface area contributed by atoms with E-state index >= 15 is 0 Å². The normalized spacial score (nSPS) is 44.7. The fraction of sp³-hybridized carbons (Fsp3) is 0.875. The zero-order valence-electron chi connectivity index (χ0n) is 15.2. The number of aliphatic hydroxyl groups is 5. The Morgan fingerprint density at radius 1 is 0.926 bits per heavy atom. The van der Waals surface area contributed by atoms with Gasteiger partial charge in [-0.15, -0.1) is 0 Å². The molecule has 0 spiro atoms. The summed E-state index contributed by atoms with van der Waals surface area (Å²) in [5.74, 6) is -4.69. The molecule has 11 heteroatoms. The van der Waals surface area contributed by atoms with Gasteiger partial charge in [-0.3, -0.25) is 0 Å². The monoisotopic (exact) mass is 394 g/mol. The molecule has 11 nitrogen and oxygen atoms in total. The van der Waals surface area contributed by atoms with Gasteiger partial charge in [-0.05, 0) is 12.3 Å². The predicted molar refractivity (Wildman–Crippen MR) is 82.2 cm³/mol. The van der Waals surface area contributed by atoms with Crippen LogP contribution >= 0.6 is 0 Å². The van der Waals surface area contributed by atoms with Gasteiger partial charge in [0.2, 0.25) is 0 Å². The molecule has 0 aromatic heterocycles. The van der Waals surface area contributed by atoms with Crippen molar-refractivity contribution < 1.29 is 54.8 Å². The molecule has 1 heterocycles. The van der Waals surface area contributed by atoms with Gasteiger partial charge in [0.05, 0.1) is 24.3 Å². The number of ether oxygens (including phenoxy) is 2. The van der Waals surface area contributed by atoms with Gasteiger partial charge in [0, 0.05) is 24.9 Å². The van der Waals surface area contributed by atoms with Crippen molar-refractivity contribution in [1.82, 2.24) is 0 Å². The first-order valence-corrected chi connectivity index (χ1v) is 8.44. The smallest absolute Gasteiger partial charge is 0.184 e. The second-order valence-corrected chi connectivity index (χ2v) is 6.93. The number of carboxylic acids is 2. The van der Waals surface area contributed by atoms with Crippen LogP contribution in [0.4, 0.5) is 0 Å². The van der Waals surface area contributed by atoms with Gasteiger partial charge in [0.1, 0.15) is 18.3 Å². The number of carbonyl (C=O) groups is 2. The van der Waals surface area contributed by atoms with Crippen LogP contribution < -0.4 is 10.2 Å². The highest BCUT2D eigenvalue weighted by Crippen LogP contribution is 2.31. The number of aliphatic hydroxyl groups excluding tert-OH is 5. The molecule has 1 aliphatic carbocycles. The minimum absolute atomic E-state index is 0.263. The summed E-state index contributed by atoms with van der Waals surface area (Å²) in [6, 6.07) is 0. The van der Waals surface area contributed by atoms with Gasteiger partial charge in [-0.25, -0.2) is 0 Å². The van der Waals surface area contributed by atoms with Gasteiger partial charge >= 0.3 is 0 Å². The molecule has 1 aliphatic heterocycles. The number of carboxylic acid groups (broad SMARTS) is 2. The molecule has 0 amide bonds. The Hall–Kier alpha value is -1.34. The fourth-order valence-electron chi connectivity index (χ4n) is 3.26. The highest BCUT2D eigenvalue weighted by atomic mass is 16.6. The Balaban J connectivity index is 0.000000271. The number of carbonyl (C=O) groups excluding carboxylic acids is 2. The second-order valence-electron chi connectivity index (χ2n) is 6.93. The summed E-state index contributed by atoms with van der Waals surface area (Å²) >= 11 is 0. The van der Waals surface area contributed by atoms with Crippen LogP contribution in [0, 0.1) is 17.8 Å². The maximum Gasteiger partial charge on any atom is 0.184 e. The largest absolute Gasteiger partial charge is 0.550 e. The SMILES string of the molecule is CC1C(C(=O)[O-])OC(O)C(O)C1O.COC1C(C(=O)[O-])CC(C)C(O)C1O. The maximum atomic E-state index is 10.7. The molecule has 0 aromatic carbocycles.